The van der Waals surface area contributed by atoms with Crippen LogP contribution in [0.4, 0.5) is 5.82 Å². The van der Waals surface area contributed by atoms with Gasteiger partial charge in [-0.2, -0.15) is 0 Å². The minimum absolute atomic E-state index is 0.501. The Bertz CT molecular complexity index is 762. The lowest BCUT2D eigenvalue weighted by Gasteiger charge is -2.26. The molecule has 0 unspecified atom stereocenters. The number of anilines is 1. The molecular weight excluding hydrogens is 332 g/mol. The minimum Gasteiger partial charge on any atom is -0.379 e. The first-order valence-corrected chi connectivity index (χ1v) is 10.2. The lowest BCUT2D eigenvalue weighted by Crippen LogP contribution is -2.36. The highest BCUT2D eigenvalue weighted by molar-refractivity contribution is 7.18. The molecule has 2 fully saturated rings. The van der Waals surface area contributed by atoms with Crippen molar-refractivity contribution in [3.63, 3.8) is 0 Å². The summed E-state index contributed by atoms with van der Waals surface area (Å²) in [5.41, 5.74) is 1.82. The van der Waals surface area contributed by atoms with E-state index in [-0.39, 0.29) is 0 Å². The quantitative estimate of drug-likeness (QED) is 0.850. The summed E-state index contributed by atoms with van der Waals surface area (Å²) >= 11 is 1.79. The van der Waals surface area contributed by atoms with Gasteiger partial charge in [0.15, 0.2) is 0 Å². The number of rotatable bonds is 6. The van der Waals surface area contributed by atoms with Gasteiger partial charge in [-0.1, -0.05) is 6.92 Å². The average molecular weight is 361 g/mol. The topological polar surface area (TPSA) is 50.3 Å². The zero-order chi connectivity index (χ0) is 17.4. The van der Waals surface area contributed by atoms with Gasteiger partial charge in [0.2, 0.25) is 0 Å². The molecule has 0 radical (unpaired) electrons. The third-order valence-electron chi connectivity index (χ3n) is 5.88. The van der Waals surface area contributed by atoms with Gasteiger partial charge in [-0.05, 0) is 44.1 Å². The molecule has 2 aromatic heterocycles. The second kappa shape index (κ2) is 6.82. The molecule has 2 aliphatic rings. The number of ether oxygens (including phenoxy) is 1. The maximum Gasteiger partial charge on any atom is 0.146 e. The van der Waals surface area contributed by atoms with E-state index in [2.05, 4.69) is 31.0 Å². The number of nitrogens with zero attached hydrogens (tertiary/aromatic N) is 3. The molecule has 0 atom stereocenters. The van der Waals surface area contributed by atoms with Gasteiger partial charge in [-0.25, -0.2) is 9.97 Å². The SMILES string of the molecule is CCC1(CNc2nc(CN3CCOCC3)nc3sc(C)c(C)c23)CC1. The summed E-state index contributed by atoms with van der Waals surface area (Å²) in [6.45, 7) is 12.1. The summed E-state index contributed by atoms with van der Waals surface area (Å²) in [4.78, 5) is 14.7. The second-order valence-electron chi connectivity index (χ2n) is 7.55. The summed E-state index contributed by atoms with van der Waals surface area (Å²) in [6.07, 6.45) is 3.93. The fourth-order valence-corrected chi connectivity index (χ4v) is 4.60. The molecule has 0 aromatic carbocycles. The van der Waals surface area contributed by atoms with Crippen molar-refractivity contribution in [2.24, 2.45) is 5.41 Å². The molecular formula is C19H28N4OS. The Morgan fingerprint density at radius 3 is 2.64 bits per heavy atom. The maximum absolute atomic E-state index is 5.45. The van der Waals surface area contributed by atoms with Crippen molar-refractivity contribution in [2.45, 2.75) is 46.6 Å². The van der Waals surface area contributed by atoms with Crippen molar-refractivity contribution in [3.8, 4) is 0 Å². The van der Waals surface area contributed by atoms with Crippen LogP contribution in [-0.2, 0) is 11.3 Å². The van der Waals surface area contributed by atoms with Crippen LogP contribution in [0.15, 0.2) is 0 Å². The van der Waals surface area contributed by atoms with Gasteiger partial charge in [-0.15, -0.1) is 11.3 Å². The zero-order valence-corrected chi connectivity index (χ0v) is 16.3. The maximum atomic E-state index is 5.45. The van der Waals surface area contributed by atoms with Crippen LogP contribution >= 0.6 is 11.3 Å². The molecule has 2 aromatic rings. The smallest absolute Gasteiger partial charge is 0.146 e. The van der Waals surface area contributed by atoms with Crippen LogP contribution < -0.4 is 5.32 Å². The Labute approximate surface area is 153 Å². The first-order valence-electron chi connectivity index (χ1n) is 9.41. The fourth-order valence-electron chi connectivity index (χ4n) is 3.56. The molecule has 3 heterocycles. The number of nitrogens with one attached hydrogen (secondary N) is 1. The van der Waals surface area contributed by atoms with Crippen LogP contribution in [0, 0.1) is 19.3 Å². The first kappa shape index (κ1) is 17.2. The summed E-state index contributed by atoms with van der Waals surface area (Å²) in [5.74, 6) is 1.97. The van der Waals surface area contributed by atoms with Gasteiger partial charge >= 0.3 is 0 Å². The van der Waals surface area contributed by atoms with Crippen LogP contribution in [0.25, 0.3) is 10.2 Å². The van der Waals surface area contributed by atoms with Gasteiger partial charge < -0.3 is 10.1 Å². The molecule has 5 nitrogen and oxygen atoms in total. The molecule has 1 aliphatic carbocycles. The Morgan fingerprint density at radius 2 is 1.96 bits per heavy atom. The molecule has 0 bridgehead atoms. The molecule has 25 heavy (non-hydrogen) atoms. The van der Waals surface area contributed by atoms with Crippen LogP contribution in [0.5, 0.6) is 0 Å². The highest BCUT2D eigenvalue weighted by atomic mass is 32.1. The number of aromatic nitrogens is 2. The third-order valence-corrected chi connectivity index (χ3v) is 6.98. The average Bonchev–Trinajstić information content (AvgIpc) is 3.35. The molecule has 6 heteroatoms. The Kier molecular flexibility index (Phi) is 4.69. The summed E-state index contributed by atoms with van der Waals surface area (Å²) in [5, 5.41) is 4.91. The van der Waals surface area contributed by atoms with E-state index in [4.69, 9.17) is 14.7 Å². The second-order valence-corrected chi connectivity index (χ2v) is 8.75. The normalized spacial score (nSPS) is 20.1. The lowest BCUT2D eigenvalue weighted by molar-refractivity contribution is 0.0331. The zero-order valence-electron chi connectivity index (χ0n) is 15.5. The molecule has 1 aliphatic heterocycles. The molecule has 136 valence electrons. The monoisotopic (exact) mass is 360 g/mol. The molecule has 1 saturated heterocycles. The summed E-state index contributed by atoms with van der Waals surface area (Å²) in [7, 11) is 0. The van der Waals surface area contributed by atoms with Gasteiger partial charge in [0.25, 0.3) is 0 Å². The molecule has 1 saturated carbocycles. The van der Waals surface area contributed by atoms with Crippen LogP contribution in [0.1, 0.15) is 42.5 Å². The van der Waals surface area contributed by atoms with E-state index in [1.54, 1.807) is 11.3 Å². The van der Waals surface area contributed by atoms with E-state index >= 15 is 0 Å². The minimum atomic E-state index is 0.501. The number of hydrogen-bond acceptors (Lipinski definition) is 6. The highest BCUT2D eigenvalue weighted by Crippen LogP contribution is 2.48. The third kappa shape index (κ3) is 3.52. The molecule has 0 spiro atoms. The molecule has 1 N–H and O–H groups in total. The van der Waals surface area contributed by atoms with E-state index in [1.165, 1.54) is 35.1 Å². The Balaban J connectivity index is 1.62. The van der Waals surface area contributed by atoms with Crippen LogP contribution in [-0.4, -0.2) is 47.7 Å². The number of aryl methyl sites for hydroxylation is 2. The van der Waals surface area contributed by atoms with Crippen molar-refractivity contribution < 1.29 is 4.74 Å². The van der Waals surface area contributed by atoms with Crippen molar-refractivity contribution in [2.75, 3.05) is 38.2 Å². The van der Waals surface area contributed by atoms with Crippen molar-refractivity contribution in [1.82, 2.24) is 14.9 Å². The van der Waals surface area contributed by atoms with Gasteiger partial charge in [0, 0.05) is 24.5 Å². The van der Waals surface area contributed by atoms with E-state index in [9.17, 15) is 0 Å². The van der Waals surface area contributed by atoms with Crippen LogP contribution in [0.3, 0.4) is 0 Å². The number of fused-ring (bicyclic) bond motifs is 1. The molecule has 4 rings (SSSR count). The van der Waals surface area contributed by atoms with Crippen molar-refractivity contribution >= 4 is 27.4 Å². The van der Waals surface area contributed by atoms with E-state index in [1.807, 2.05) is 0 Å². The predicted molar refractivity (Wildman–Crippen MR) is 103 cm³/mol. The number of morpholine rings is 1. The number of thiophene rings is 1. The lowest BCUT2D eigenvalue weighted by atomic mass is 10.0. The predicted octanol–water partition coefficient (Wildman–Crippen LogP) is 3.74. The van der Waals surface area contributed by atoms with E-state index in [0.717, 1.165) is 55.9 Å². The highest BCUT2D eigenvalue weighted by Gasteiger charge is 2.40. The summed E-state index contributed by atoms with van der Waals surface area (Å²) in [6, 6.07) is 0. The van der Waals surface area contributed by atoms with Gasteiger partial charge in [-0.3, -0.25) is 4.90 Å². The van der Waals surface area contributed by atoms with Crippen molar-refractivity contribution in [3.05, 3.63) is 16.3 Å². The van der Waals surface area contributed by atoms with Crippen LogP contribution in [0.2, 0.25) is 0 Å². The Hall–Kier alpha value is -1.24. The van der Waals surface area contributed by atoms with Crippen molar-refractivity contribution in [1.29, 1.82) is 0 Å². The number of hydrogen-bond donors (Lipinski definition) is 1. The van der Waals surface area contributed by atoms with Gasteiger partial charge in [0.05, 0.1) is 25.1 Å². The fraction of sp³-hybridized carbons (Fsp3) is 0.684. The largest absolute Gasteiger partial charge is 0.379 e. The first-order chi connectivity index (χ1) is 12.1. The standard InChI is InChI=1S/C19H28N4OS/c1-4-19(5-6-19)12-20-17-16-13(2)14(3)25-18(16)22-15(21-17)11-23-7-9-24-10-8-23/h4-12H2,1-3H3,(H,20,21,22). The summed E-state index contributed by atoms with van der Waals surface area (Å²) < 4.78 is 5.45. The van der Waals surface area contributed by atoms with E-state index in [0.29, 0.717) is 5.41 Å². The van der Waals surface area contributed by atoms with Gasteiger partial charge in [0.1, 0.15) is 16.5 Å². The molecule has 0 amide bonds. The Morgan fingerprint density at radius 1 is 1.20 bits per heavy atom. The van der Waals surface area contributed by atoms with E-state index < -0.39 is 0 Å².